The molecule has 0 aromatic rings. The number of rotatable bonds is 2. The van der Waals surface area contributed by atoms with E-state index in [1.54, 1.807) is 0 Å². The maximum absolute atomic E-state index is 10.4. The molecule has 0 heterocycles. The van der Waals surface area contributed by atoms with E-state index in [0.717, 1.165) is 25.7 Å². The maximum atomic E-state index is 10.4. The molecule has 5 N–H and O–H groups in total. The Balaban J connectivity index is 2.44. The second-order valence-electron chi connectivity index (χ2n) is 3.77. The SMILES string of the molecule is NC1CCC(N)(CC(=O)O)CC1. The second-order valence-corrected chi connectivity index (χ2v) is 3.77. The third kappa shape index (κ3) is 2.46. The molecule has 70 valence electrons. The van der Waals surface area contributed by atoms with E-state index < -0.39 is 11.5 Å². The van der Waals surface area contributed by atoms with Crippen LogP contribution in [0.25, 0.3) is 0 Å². The van der Waals surface area contributed by atoms with Crippen LogP contribution in [0.2, 0.25) is 0 Å². The van der Waals surface area contributed by atoms with Crippen molar-refractivity contribution in [3.05, 3.63) is 0 Å². The molecule has 0 aromatic carbocycles. The molecular weight excluding hydrogens is 156 g/mol. The van der Waals surface area contributed by atoms with Crippen LogP contribution in [0.15, 0.2) is 0 Å². The lowest BCUT2D eigenvalue weighted by Crippen LogP contribution is -2.47. The Kier molecular flexibility index (Phi) is 2.69. The van der Waals surface area contributed by atoms with Crippen molar-refractivity contribution in [3.63, 3.8) is 0 Å². The van der Waals surface area contributed by atoms with Crippen LogP contribution in [0.5, 0.6) is 0 Å². The van der Waals surface area contributed by atoms with Gasteiger partial charge in [0.1, 0.15) is 0 Å². The van der Waals surface area contributed by atoms with Gasteiger partial charge in [-0.15, -0.1) is 0 Å². The fraction of sp³-hybridized carbons (Fsp3) is 0.875. The number of carbonyl (C=O) groups is 1. The van der Waals surface area contributed by atoms with Crippen LogP contribution in [-0.2, 0) is 4.79 Å². The van der Waals surface area contributed by atoms with Gasteiger partial charge in [-0.2, -0.15) is 0 Å². The van der Waals surface area contributed by atoms with Crippen LogP contribution in [0.1, 0.15) is 32.1 Å². The molecule has 4 heteroatoms. The van der Waals surface area contributed by atoms with Gasteiger partial charge < -0.3 is 16.6 Å². The Bertz CT molecular complexity index is 174. The molecule has 1 aliphatic rings. The summed E-state index contributed by atoms with van der Waals surface area (Å²) in [6.45, 7) is 0. The molecule has 0 unspecified atom stereocenters. The molecule has 1 aliphatic carbocycles. The highest BCUT2D eigenvalue weighted by Gasteiger charge is 2.32. The number of hydrogen-bond donors (Lipinski definition) is 3. The van der Waals surface area contributed by atoms with Gasteiger partial charge in [0.25, 0.3) is 0 Å². The number of aliphatic carboxylic acids is 1. The highest BCUT2D eigenvalue weighted by atomic mass is 16.4. The van der Waals surface area contributed by atoms with Crippen LogP contribution in [0.3, 0.4) is 0 Å². The molecule has 1 rings (SSSR count). The average molecular weight is 172 g/mol. The Hall–Kier alpha value is -0.610. The molecule has 0 atom stereocenters. The summed E-state index contributed by atoms with van der Waals surface area (Å²) in [5.74, 6) is -0.812. The first-order valence-electron chi connectivity index (χ1n) is 4.28. The van der Waals surface area contributed by atoms with E-state index in [1.165, 1.54) is 0 Å². The average Bonchev–Trinajstić information content (AvgIpc) is 1.94. The van der Waals surface area contributed by atoms with Crippen LogP contribution in [0, 0.1) is 0 Å². The minimum absolute atomic E-state index is 0.0692. The summed E-state index contributed by atoms with van der Waals surface area (Å²) in [7, 11) is 0. The Morgan fingerprint density at radius 2 is 2.00 bits per heavy atom. The lowest BCUT2D eigenvalue weighted by Gasteiger charge is -2.34. The molecule has 0 saturated heterocycles. The first-order valence-corrected chi connectivity index (χ1v) is 4.28. The zero-order valence-corrected chi connectivity index (χ0v) is 7.12. The number of carboxylic acids is 1. The van der Waals surface area contributed by atoms with Gasteiger partial charge in [-0.05, 0) is 25.7 Å². The molecule has 0 bridgehead atoms. The van der Waals surface area contributed by atoms with Crippen LogP contribution in [0.4, 0.5) is 0 Å². The molecule has 1 fully saturated rings. The summed E-state index contributed by atoms with van der Waals surface area (Å²) in [6, 6.07) is 0.218. The molecule has 0 amide bonds. The standard InChI is InChI=1S/C8H16N2O2/c9-6-1-3-8(10,4-2-6)5-7(11)12/h6H,1-5,9-10H2,(H,11,12). The van der Waals surface area contributed by atoms with E-state index in [1.807, 2.05) is 0 Å². The summed E-state index contributed by atoms with van der Waals surface area (Å²) < 4.78 is 0. The zero-order valence-electron chi connectivity index (χ0n) is 7.12. The van der Waals surface area contributed by atoms with Crippen molar-refractivity contribution in [1.29, 1.82) is 0 Å². The van der Waals surface area contributed by atoms with Crippen molar-refractivity contribution >= 4 is 5.97 Å². The topological polar surface area (TPSA) is 89.3 Å². The Morgan fingerprint density at radius 3 is 2.42 bits per heavy atom. The van der Waals surface area contributed by atoms with Crippen LogP contribution < -0.4 is 11.5 Å². The summed E-state index contributed by atoms with van der Waals surface area (Å²) in [4.78, 5) is 10.4. The minimum atomic E-state index is -0.812. The molecule has 0 radical (unpaired) electrons. The number of nitrogens with two attached hydrogens (primary N) is 2. The van der Waals surface area contributed by atoms with Gasteiger partial charge in [-0.25, -0.2) is 0 Å². The molecule has 1 saturated carbocycles. The predicted octanol–water partition coefficient (Wildman–Crippen LogP) is 0.0599. The molecule has 4 nitrogen and oxygen atoms in total. The molecule has 0 aromatic heterocycles. The normalized spacial score (nSPS) is 36.3. The lowest BCUT2D eigenvalue weighted by atomic mass is 9.78. The van der Waals surface area contributed by atoms with Crippen molar-refractivity contribution in [1.82, 2.24) is 0 Å². The first kappa shape index (κ1) is 9.48. The predicted molar refractivity (Wildman–Crippen MR) is 45.6 cm³/mol. The molecule has 0 aliphatic heterocycles. The van der Waals surface area contributed by atoms with E-state index in [4.69, 9.17) is 16.6 Å². The summed E-state index contributed by atoms with van der Waals surface area (Å²) in [5.41, 5.74) is 11.1. The van der Waals surface area contributed by atoms with E-state index in [9.17, 15) is 4.79 Å². The van der Waals surface area contributed by atoms with Gasteiger partial charge in [0.15, 0.2) is 0 Å². The lowest BCUT2D eigenvalue weighted by molar-refractivity contribution is -0.138. The van der Waals surface area contributed by atoms with E-state index >= 15 is 0 Å². The summed E-state index contributed by atoms with van der Waals surface area (Å²) in [5, 5.41) is 8.59. The molecule has 0 spiro atoms. The van der Waals surface area contributed by atoms with Gasteiger partial charge in [0.2, 0.25) is 0 Å². The number of carboxylic acid groups (broad SMARTS) is 1. The van der Waals surface area contributed by atoms with Crippen molar-refractivity contribution < 1.29 is 9.90 Å². The van der Waals surface area contributed by atoms with Gasteiger partial charge >= 0.3 is 5.97 Å². The van der Waals surface area contributed by atoms with Crippen LogP contribution in [-0.4, -0.2) is 22.7 Å². The number of hydrogen-bond acceptors (Lipinski definition) is 3. The fourth-order valence-electron chi connectivity index (χ4n) is 1.69. The first-order chi connectivity index (χ1) is 5.52. The van der Waals surface area contributed by atoms with E-state index in [0.29, 0.717) is 0 Å². The Morgan fingerprint density at radius 1 is 1.50 bits per heavy atom. The van der Waals surface area contributed by atoms with Crippen LogP contribution >= 0.6 is 0 Å². The van der Waals surface area contributed by atoms with Gasteiger partial charge in [-0.3, -0.25) is 4.79 Å². The van der Waals surface area contributed by atoms with E-state index in [-0.39, 0.29) is 12.5 Å². The maximum Gasteiger partial charge on any atom is 0.305 e. The molecular formula is C8H16N2O2. The molecule has 12 heavy (non-hydrogen) atoms. The summed E-state index contributed by atoms with van der Waals surface area (Å²) >= 11 is 0. The highest BCUT2D eigenvalue weighted by molar-refractivity contribution is 5.68. The monoisotopic (exact) mass is 172 g/mol. The third-order valence-electron chi connectivity index (χ3n) is 2.53. The smallest absolute Gasteiger partial charge is 0.305 e. The van der Waals surface area contributed by atoms with Crippen molar-refractivity contribution in [2.75, 3.05) is 0 Å². The van der Waals surface area contributed by atoms with Gasteiger partial charge in [-0.1, -0.05) is 0 Å². The van der Waals surface area contributed by atoms with Gasteiger partial charge in [0, 0.05) is 11.6 Å². The fourth-order valence-corrected chi connectivity index (χ4v) is 1.69. The second kappa shape index (κ2) is 3.41. The third-order valence-corrected chi connectivity index (χ3v) is 2.53. The van der Waals surface area contributed by atoms with Crippen molar-refractivity contribution in [2.24, 2.45) is 11.5 Å². The zero-order chi connectivity index (χ0) is 9.19. The van der Waals surface area contributed by atoms with E-state index in [2.05, 4.69) is 0 Å². The summed E-state index contributed by atoms with van der Waals surface area (Å²) in [6.07, 6.45) is 3.24. The quantitative estimate of drug-likeness (QED) is 0.549. The Labute approximate surface area is 71.9 Å². The van der Waals surface area contributed by atoms with Crippen molar-refractivity contribution in [2.45, 2.75) is 43.7 Å². The van der Waals surface area contributed by atoms with Crippen molar-refractivity contribution in [3.8, 4) is 0 Å². The highest BCUT2D eigenvalue weighted by Crippen LogP contribution is 2.27. The van der Waals surface area contributed by atoms with Gasteiger partial charge in [0.05, 0.1) is 6.42 Å². The minimum Gasteiger partial charge on any atom is -0.481 e. The largest absolute Gasteiger partial charge is 0.481 e.